The fraction of sp³-hybridized carbons (Fsp3) is 0.267. The van der Waals surface area contributed by atoms with Gasteiger partial charge in [0.25, 0.3) is 5.91 Å². The fourth-order valence-corrected chi connectivity index (χ4v) is 2.75. The minimum atomic E-state index is -3.68. The van der Waals surface area contributed by atoms with Crippen molar-refractivity contribution in [3.63, 3.8) is 0 Å². The van der Waals surface area contributed by atoms with Crippen molar-refractivity contribution in [1.29, 1.82) is 0 Å². The van der Waals surface area contributed by atoms with Crippen LogP contribution in [-0.2, 0) is 19.6 Å². The maximum atomic E-state index is 12.1. The van der Waals surface area contributed by atoms with Crippen LogP contribution in [0.15, 0.2) is 39.8 Å². The van der Waals surface area contributed by atoms with Crippen LogP contribution in [0.4, 0.5) is 5.88 Å². The molecule has 2 aromatic rings. The van der Waals surface area contributed by atoms with Crippen molar-refractivity contribution in [3.05, 3.63) is 41.6 Å². The fourth-order valence-electron chi connectivity index (χ4n) is 1.80. The zero-order valence-electron chi connectivity index (χ0n) is 13.8. The Hall–Kier alpha value is -2.72. The number of carbonyl (C=O) groups excluding carboxylic acids is 2. The Morgan fingerprint density at radius 2 is 2.00 bits per heavy atom. The SMILES string of the molecule is Cc1cc(NC(=O)COC(=O)c2cccc(S(=O)(=O)N(C)C)c2)on1. The zero-order valence-corrected chi connectivity index (χ0v) is 14.7. The van der Waals surface area contributed by atoms with E-state index in [1.165, 1.54) is 44.4 Å². The monoisotopic (exact) mass is 367 g/mol. The van der Waals surface area contributed by atoms with Gasteiger partial charge in [0.1, 0.15) is 0 Å². The van der Waals surface area contributed by atoms with Crippen LogP contribution in [0.5, 0.6) is 0 Å². The van der Waals surface area contributed by atoms with Crippen LogP contribution in [-0.4, -0.2) is 50.5 Å². The van der Waals surface area contributed by atoms with Crippen LogP contribution in [0.2, 0.25) is 0 Å². The molecule has 1 N–H and O–H groups in total. The van der Waals surface area contributed by atoms with Crippen molar-refractivity contribution in [1.82, 2.24) is 9.46 Å². The van der Waals surface area contributed by atoms with E-state index in [1.54, 1.807) is 6.92 Å². The lowest BCUT2D eigenvalue weighted by molar-refractivity contribution is -0.119. The molecule has 0 saturated heterocycles. The van der Waals surface area contributed by atoms with Crippen LogP contribution in [0.3, 0.4) is 0 Å². The molecule has 0 aliphatic heterocycles. The molecule has 1 aromatic heterocycles. The molecule has 1 aromatic carbocycles. The summed E-state index contributed by atoms with van der Waals surface area (Å²) >= 11 is 0. The van der Waals surface area contributed by atoms with Crippen molar-refractivity contribution in [2.45, 2.75) is 11.8 Å². The molecular weight excluding hydrogens is 350 g/mol. The molecule has 0 atom stereocenters. The van der Waals surface area contributed by atoms with Crippen molar-refractivity contribution < 1.29 is 27.3 Å². The van der Waals surface area contributed by atoms with Gasteiger partial charge in [0, 0.05) is 20.2 Å². The molecule has 2 rings (SSSR count). The highest BCUT2D eigenvalue weighted by atomic mass is 32.2. The van der Waals surface area contributed by atoms with Gasteiger partial charge in [-0.3, -0.25) is 10.1 Å². The summed E-state index contributed by atoms with van der Waals surface area (Å²) in [7, 11) is -0.906. The van der Waals surface area contributed by atoms with Crippen LogP contribution < -0.4 is 5.32 Å². The zero-order chi connectivity index (χ0) is 18.6. The van der Waals surface area contributed by atoms with Crippen LogP contribution in [0.1, 0.15) is 16.1 Å². The number of hydrogen-bond acceptors (Lipinski definition) is 7. The number of esters is 1. The number of amides is 1. The average Bonchev–Trinajstić information content (AvgIpc) is 2.97. The third-order valence-corrected chi connectivity index (χ3v) is 4.88. The van der Waals surface area contributed by atoms with E-state index in [9.17, 15) is 18.0 Å². The minimum absolute atomic E-state index is 0.0197. The number of nitrogens with zero attached hydrogens (tertiary/aromatic N) is 2. The van der Waals surface area contributed by atoms with Gasteiger partial charge in [-0.25, -0.2) is 17.5 Å². The number of hydrogen-bond donors (Lipinski definition) is 1. The summed E-state index contributed by atoms with van der Waals surface area (Å²) in [5.74, 6) is -1.29. The molecule has 0 spiro atoms. The standard InChI is InChI=1S/C15H17N3O6S/c1-10-7-14(24-17-10)16-13(19)9-23-15(20)11-5-4-6-12(8-11)25(21,22)18(2)3/h4-8H,9H2,1-3H3,(H,16,19). The summed E-state index contributed by atoms with van der Waals surface area (Å²) < 4.78 is 34.9. The molecule has 1 amide bonds. The molecule has 0 radical (unpaired) electrons. The van der Waals surface area contributed by atoms with E-state index < -0.39 is 28.5 Å². The maximum Gasteiger partial charge on any atom is 0.338 e. The number of benzene rings is 1. The Morgan fingerprint density at radius 1 is 1.28 bits per heavy atom. The Bertz CT molecular complexity index is 888. The van der Waals surface area contributed by atoms with E-state index >= 15 is 0 Å². The second-order valence-corrected chi connectivity index (χ2v) is 7.42. The van der Waals surface area contributed by atoms with Gasteiger partial charge < -0.3 is 9.26 Å². The first-order chi connectivity index (χ1) is 11.7. The molecule has 0 aliphatic rings. The van der Waals surface area contributed by atoms with Gasteiger partial charge in [-0.2, -0.15) is 0 Å². The normalized spacial score (nSPS) is 11.4. The molecule has 134 valence electrons. The molecule has 0 unspecified atom stereocenters. The molecule has 0 bridgehead atoms. The lowest BCUT2D eigenvalue weighted by atomic mass is 10.2. The summed E-state index contributed by atoms with van der Waals surface area (Å²) in [6.07, 6.45) is 0. The van der Waals surface area contributed by atoms with Crippen LogP contribution >= 0.6 is 0 Å². The van der Waals surface area contributed by atoms with Gasteiger partial charge in [-0.1, -0.05) is 11.2 Å². The Kier molecular flexibility index (Phi) is 5.55. The van der Waals surface area contributed by atoms with Gasteiger partial charge >= 0.3 is 5.97 Å². The number of sulfonamides is 1. The third-order valence-electron chi connectivity index (χ3n) is 3.07. The van der Waals surface area contributed by atoms with Gasteiger partial charge in [0.15, 0.2) is 6.61 Å². The Balaban J connectivity index is 2.00. The number of aryl methyl sites for hydroxylation is 1. The summed E-state index contributed by atoms with van der Waals surface area (Å²) in [4.78, 5) is 23.7. The lowest BCUT2D eigenvalue weighted by Crippen LogP contribution is -2.23. The first-order valence-corrected chi connectivity index (χ1v) is 8.57. The molecule has 1 heterocycles. The highest BCUT2D eigenvalue weighted by Crippen LogP contribution is 2.15. The van der Waals surface area contributed by atoms with E-state index in [1.807, 2.05) is 0 Å². The summed E-state index contributed by atoms with van der Waals surface area (Å²) in [5, 5.41) is 5.97. The number of ether oxygens (including phenoxy) is 1. The van der Waals surface area contributed by atoms with E-state index in [0.717, 1.165) is 4.31 Å². The van der Waals surface area contributed by atoms with Crippen molar-refractivity contribution >= 4 is 27.8 Å². The van der Waals surface area contributed by atoms with E-state index in [4.69, 9.17) is 9.26 Å². The topological polar surface area (TPSA) is 119 Å². The minimum Gasteiger partial charge on any atom is -0.452 e. The quantitative estimate of drug-likeness (QED) is 0.757. The number of aromatic nitrogens is 1. The highest BCUT2D eigenvalue weighted by molar-refractivity contribution is 7.89. The number of anilines is 1. The average molecular weight is 367 g/mol. The maximum absolute atomic E-state index is 12.1. The predicted molar refractivity (Wildman–Crippen MR) is 87.5 cm³/mol. The number of carbonyl (C=O) groups is 2. The van der Waals surface area contributed by atoms with Gasteiger partial charge in [0.05, 0.1) is 16.2 Å². The Labute approximate surface area is 144 Å². The van der Waals surface area contributed by atoms with E-state index in [2.05, 4.69) is 10.5 Å². The molecule has 0 fully saturated rings. The van der Waals surface area contributed by atoms with Crippen molar-refractivity contribution in [3.8, 4) is 0 Å². The molecule has 10 heteroatoms. The van der Waals surface area contributed by atoms with Crippen LogP contribution in [0.25, 0.3) is 0 Å². The smallest absolute Gasteiger partial charge is 0.338 e. The van der Waals surface area contributed by atoms with Crippen molar-refractivity contribution in [2.75, 3.05) is 26.0 Å². The molecule has 9 nitrogen and oxygen atoms in total. The second kappa shape index (κ2) is 7.45. The van der Waals surface area contributed by atoms with Crippen LogP contribution in [0, 0.1) is 6.92 Å². The van der Waals surface area contributed by atoms with Gasteiger partial charge in [-0.15, -0.1) is 0 Å². The molecule has 0 saturated carbocycles. The van der Waals surface area contributed by atoms with Gasteiger partial charge in [-0.05, 0) is 25.1 Å². The largest absolute Gasteiger partial charge is 0.452 e. The second-order valence-electron chi connectivity index (χ2n) is 5.27. The lowest BCUT2D eigenvalue weighted by Gasteiger charge is -2.12. The van der Waals surface area contributed by atoms with E-state index in [0.29, 0.717) is 5.69 Å². The number of rotatable bonds is 6. The highest BCUT2D eigenvalue weighted by Gasteiger charge is 2.19. The number of nitrogens with one attached hydrogen (secondary N) is 1. The Morgan fingerprint density at radius 3 is 2.60 bits per heavy atom. The third kappa shape index (κ3) is 4.64. The molecule has 0 aliphatic carbocycles. The molecule has 25 heavy (non-hydrogen) atoms. The summed E-state index contributed by atoms with van der Waals surface area (Å²) in [6.45, 7) is 1.14. The predicted octanol–water partition coefficient (Wildman–Crippen LogP) is 1.03. The van der Waals surface area contributed by atoms with E-state index in [-0.39, 0.29) is 16.3 Å². The summed E-state index contributed by atoms with van der Waals surface area (Å²) in [6, 6.07) is 6.88. The molecular formula is C15H17N3O6S. The first-order valence-electron chi connectivity index (χ1n) is 7.13. The first kappa shape index (κ1) is 18.6. The van der Waals surface area contributed by atoms with Crippen molar-refractivity contribution in [2.24, 2.45) is 0 Å². The summed E-state index contributed by atoms with van der Waals surface area (Å²) in [5.41, 5.74) is 0.609. The van der Waals surface area contributed by atoms with Gasteiger partial charge in [0.2, 0.25) is 15.9 Å².